The lowest BCUT2D eigenvalue weighted by molar-refractivity contribution is -0.126. The summed E-state index contributed by atoms with van der Waals surface area (Å²) in [6, 6.07) is 8.57. The number of pyridine rings is 1. The van der Waals surface area contributed by atoms with Crippen LogP contribution in [0, 0.1) is 18.7 Å². The second kappa shape index (κ2) is 9.69. The van der Waals surface area contributed by atoms with Crippen LogP contribution < -0.4 is 10.6 Å². The molecule has 1 aliphatic rings. The highest BCUT2D eigenvalue weighted by Gasteiger charge is 2.34. The summed E-state index contributed by atoms with van der Waals surface area (Å²) in [7, 11) is 0. The molecule has 160 valence electrons. The lowest BCUT2D eigenvalue weighted by Crippen LogP contribution is -2.52. The van der Waals surface area contributed by atoms with Gasteiger partial charge >= 0.3 is 6.03 Å². The third-order valence-electron chi connectivity index (χ3n) is 5.36. The van der Waals surface area contributed by atoms with Gasteiger partial charge in [-0.1, -0.05) is 18.2 Å². The Morgan fingerprint density at radius 1 is 1.27 bits per heavy atom. The van der Waals surface area contributed by atoms with Crippen LogP contribution in [0.2, 0.25) is 0 Å². The number of urea groups is 1. The number of aromatic nitrogens is 1. The van der Waals surface area contributed by atoms with E-state index in [1.54, 1.807) is 30.3 Å². The molecule has 0 saturated carbocycles. The number of likely N-dealkylation sites (tertiary alicyclic amines) is 1. The van der Waals surface area contributed by atoms with E-state index in [4.69, 9.17) is 0 Å². The molecular formula is C23H29FN4O2. The van der Waals surface area contributed by atoms with Crippen molar-refractivity contribution in [1.29, 1.82) is 0 Å². The van der Waals surface area contributed by atoms with Crippen molar-refractivity contribution in [2.45, 2.75) is 45.7 Å². The standard InChI is InChI=1S/C23H29FN4O2/c1-15(2)27-23(30)28-13-19(18-6-7-21(24)16(3)9-18)10-20(14-28)22(29)26-12-17-5-4-8-25-11-17/h4-9,11,15,19-20H,10,12-14H2,1-3H3,(H,26,29)(H,27,30)/t19-,20+/m1/s1. The van der Waals surface area contributed by atoms with E-state index in [2.05, 4.69) is 15.6 Å². The minimum Gasteiger partial charge on any atom is -0.352 e. The highest BCUT2D eigenvalue weighted by molar-refractivity contribution is 5.81. The molecular weight excluding hydrogens is 383 g/mol. The van der Waals surface area contributed by atoms with E-state index in [-0.39, 0.29) is 35.6 Å². The molecule has 0 bridgehead atoms. The number of nitrogens with one attached hydrogen (secondary N) is 2. The maximum Gasteiger partial charge on any atom is 0.317 e. The van der Waals surface area contributed by atoms with Crippen molar-refractivity contribution < 1.29 is 14.0 Å². The average molecular weight is 413 g/mol. The van der Waals surface area contributed by atoms with E-state index in [1.807, 2.05) is 32.0 Å². The van der Waals surface area contributed by atoms with E-state index in [0.717, 1.165) is 11.1 Å². The van der Waals surface area contributed by atoms with E-state index in [0.29, 0.717) is 31.6 Å². The normalized spacial score (nSPS) is 18.9. The summed E-state index contributed by atoms with van der Waals surface area (Å²) in [4.78, 5) is 31.3. The molecule has 1 fully saturated rings. The number of nitrogens with zero attached hydrogens (tertiary/aromatic N) is 2. The Bertz CT molecular complexity index is 888. The zero-order valence-corrected chi connectivity index (χ0v) is 17.7. The summed E-state index contributed by atoms with van der Waals surface area (Å²) >= 11 is 0. The van der Waals surface area contributed by atoms with Crippen LogP contribution in [-0.2, 0) is 11.3 Å². The van der Waals surface area contributed by atoms with Crippen molar-refractivity contribution in [2.24, 2.45) is 5.92 Å². The summed E-state index contributed by atoms with van der Waals surface area (Å²) in [5, 5.41) is 5.87. The molecule has 7 heteroatoms. The second-order valence-electron chi connectivity index (χ2n) is 8.23. The lowest BCUT2D eigenvalue weighted by atomic mass is 9.83. The first-order chi connectivity index (χ1) is 14.3. The van der Waals surface area contributed by atoms with Crippen molar-refractivity contribution in [2.75, 3.05) is 13.1 Å². The van der Waals surface area contributed by atoms with Gasteiger partial charge in [-0.25, -0.2) is 9.18 Å². The fourth-order valence-electron chi connectivity index (χ4n) is 3.79. The molecule has 0 unspecified atom stereocenters. The molecule has 6 nitrogen and oxygen atoms in total. The Hall–Kier alpha value is -2.96. The lowest BCUT2D eigenvalue weighted by Gasteiger charge is -2.38. The average Bonchev–Trinajstić information content (AvgIpc) is 2.74. The molecule has 3 amide bonds. The SMILES string of the molecule is Cc1cc([C@@H]2C[C@H](C(=O)NCc3cccnc3)CN(C(=O)NC(C)C)C2)ccc1F. The van der Waals surface area contributed by atoms with Crippen LogP contribution in [0.4, 0.5) is 9.18 Å². The molecule has 2 atom stereocenters. The van der Waals surface area contributed by atoms with Gasteiger partial charge in [0.1, 0.15) is 5.82 Å². The number of carbonyl (C=O) groups excluding carboxylic acids is 2. The van der Waals surface area contributed by atoms with Crippen molar-refractivity contribution in [3.05, 3.63) is 65.2 Å². The Labute approximate surface area is 176 Å². The number of hydrogen-bond donors (Lipinski definition) is 2. The number of carbonyl (C=O) groups is 2. The topological polar surface area (TPSA) is 74.3 Å². The summed E-state index contributed by atoms with van der Waals surface area (Å²) in [6.07, 6.45) is 4.01. The van der Waals surface area contributed by atoms with Gasteiger partial charge < -0.3 is 15.5 Å². The fraction of sp³-hybridized carbons (Fsp3) is 0.435. The van der Waals surface area contributed by atoms with Gasteiger partial charge in [-0.15, -0.1) is 0 Å². The van der Waals surface area contributed by atoms with Gasteiger partial charge in [-0.3, -0.25) is 9.78 Å². The van der Waals surface area contributed by atoms with E-state index in [9.17, 15) is 14.0 Å². The third-order valence-corrected chi connectivity index (χ3v) is 5.36. The highest BCUT2D eigenvalue weighted by atomic mass is 19.1. The van der Waals surface area contributed by atoms with E-state index >= 15 is 0 Å². The molecule has 0 spiro atoms. The van der Waals surface area contributed by atoms with Crippen LogP contribution in [0.1, 0.15) is 42.9 Å². The summed E-state index contributed by atoms with van der Waals surface area (Å²) in [5.74, 6) is -0.728. The Kier molecular flexibility index (Phi) is 7.03. The maximum atomic E-state index is 13.7. The van der Waals surface area contributed by atoms with Crippen LogP contribution >= 0.6 is 0 Å². The number of piperidine rings is 1. The first-order valence-electron chi connectivity index (χ1n) is 10.3. The fourth-order valence-corrected chi connectivity index (χ4v) is 3.79. The van der Waals surface area contributed by atoms with Gasteiger partial charge in [-0.2, -0.15) is 0 Å². The monoisotopic (exact) mass is 412 g/mol. The van der Waals surface area contributed by atoms with Crippen LogP contribution in [0.15, 0.2) is 42.7 Å². The molecule has 1 saturated heterocycles. The number of hydrogen-bond acceptors (Lipinski definition) is 3. The second-order valence-corrected chi connectivity index (χ2v) is 8.23. The minimum atomic E-state index is -0.344. The van der Waals surface area contributed by atoms with Crippen LogP contribution in [0.3, 0.4) is 0 Å². The predicted molar refractivity (Wildman–Crippen MR) is 113 cm³/mol. The van der Waals surface area contributed by atoms with Crippen molar-refractivity contribution in [3.8, 4) is 0 Å². The van der Waals surface area contributed by atoms with Gasteiger partial charge in [0.2, 0.25) is 5.91 Å². The molecule has 2 N–H and O–H groups in total. The summed E-state index contributed by atoms with van der Waals surface area (Å²) in [6.45, 7) is 6.77. The van der Waals surface area contributed by atoms with Crippen LogP contribution in [-0.4, -0.2) is 41.0 Å². The van der Waals surface area contributed by atoms with Gasteiger partial charge in [0.15, 0.2) is 0 Å². The highest BCUT2D eigenvalue weighted by Crippen LogP contribution is 2.31. The van der Waals surface area contributed by atoms with Crippen molar-refractivity contribution in [3.63, 3.8) is 0 Å². The molecule has 1 aliphatic heterocycles. The van der Waals surface area contributed by atoms with Gasteiger partial charge in [0.25, 0.3) is 0 Å². The van der Waals surface area contributed by atoms with Crippen molar-refractivity contribution in [1.82, 2.24) is 20.5 Å². The molecule has 2 aromatic rings. The van der Waals surface area contributed by atoms with Gasteiger partial charge in [-0.05, 0) is 56.0 Å². The van der Waals surface area contributed by atoms with Gasteiger partial charge in [0, 0.05) is 44.0 Å². The molecule has 1 aromatic carbocycles. The number of halogens is 1. The van der Waals surface area contributed by atoms with Gasteiger partial charge in [0.05, 0.1) is 5.92 Å². The zero-order chi connectivity index (χ0) is 21.7. The largest absolute Gasteiger partial charge is 0.352 e. The molecule has 30 heavy (non-hydrogen) atoms. The van der Waals surface area contributed by atoms with Crippen LogP contribution in [0.5, 0.6) is 0 Å². The van der Waals surface area contributed by atoms with E-state index in [1.165, 1.54) is 6.07 Å². The number of benzene rings is 1. The maximum absolute atomic E-state index is 13.7. The Morgan fingerprint density at radius 3 is 2.73 bits per heavy atom. The number of aryl methyl sites for hydroxylation is 1. The van der Waals surface area contributed by atoms with Crippen LogP contribution in [0.25, 0.3) is 0 Å². The Balaban J connectivity index is 1.75. The number of rotatable bonds is 5. The molecule has 2 heterocycles. The third kappa shape index (κ3) is 5.55. The molecule has 1 aromatic heterocycles. The first-order valence-corrected chi connectivity index (χ1v) is 10.3. The smallest absolute Gasteiger partial charge is 0.317 e. The minimum absolute atomic E-state index is 0.00352. The summed E-state index contributed by atoms with van der Waals surface area (Å²) < 4.78 is 13.7. The molecule has 0 aliphatic carbocycles. The quantitative estimate of drug-likeness (QED) is 0.791. The van der Waals surface area contributed by atoms with Crippen molar-refractivity contribution >= 4 is 11.9 Å². The summed E-state index contributed by atoms with van der Waals surface area (Å²) in [5.41, 5.74) is 2.43. The predicted octanol–water partition coefficient (Wildman–Crippen LogP) is 3.37. The van der Waals surface area contributed by atoms with E-state index < -0.39 is 0 Å². The number of amides is 3. The first kappa shape index (κ1) is 21.7. The molecule has 0 radical (unpaired) electrons. The Morgan fingerprint density at radius 2 is 2.07 bits per heavy atom. The molecule has 3 rings (SSSR count). The zero-order valence-electron chi connectivity index (χ0n) is 17.7.